The highest BCUT2D eigenvalue weighted by molar-refractivity contribution is 5.54. The molecule has 0 saturated heterocycles. The first-order chi connectivity index (χ1) is 9.86. The van der Waals surface area contributed by atoms with Crippen molar-refractivity contribution in [2.24, 2.45) is 0 Å². The molecule has 3 aromatic rings. The molecule has 0 fully saturated rings. The molecule has 5 heteroatoms. The third-order valence-corrected chi connectivity index (χ3v) is 3.03. The Labute approximate surface area is 116 Å². The summed E-state index contributed by atoms with van der Waals surface area (Å²) in [6.45, 7) is 0.606. The Bertz CT molecular complexity index is 694. The molecular formula is C15H14N4O. The summed E-state index contributed by atoms with van der Waals surface area (Å²) in [6, 6.07) is 17.8. The Kier molecular flexibility index (Phi) is 3.41. The summed E-state index contributed by atoms with van der Waals surface area (Å²) < 4.78 is 7.01. The van der Waals surface area contributed by atoms with E-state index in [-0.39, 0.29) is 0 Å². The number of ether oxygens (including phenoxy) is 1. The predicted molar refractivity (Wildman–Crippen MR) is 75.3 cm³/mol. The van der Waals surface area contributed by atoms with E-state index in [1.54, 1.807) is 11.8 Å². The number of hydrogen-bond donors (Lipinski definition) is 0. The van der Waals surface area contributed by atoms with E-state index in [4.69, 9.17) is 4.74 Å². The second-order valence-electron chi connectivity index (χ2n) is 4.38. The van der Waals surface area contributed by atoms with Gasteiger partial charge in [-0.25, -0.2) is 4.68 Å². The molecule has 0 aliphatic heterocycles. The van der Waals surface area contributed by atoms with Crippen molar-refractivity contribution >= 4 is 0 Å². The van der Waals surface area contributed by atoms with Gasteiger partial charge in [0.2, 0.25) is 0 Å². The van der Waals surface area contributed by atoms with E-state index in [2.05, 4.69) is 15.5 Å². The van der Waals surface area contributed by atoms with Crippen molar-refractivity contribution in [2.75, 3.05) is 7.11 Å². The molecule has 5 nitrogen and oxygen atoms in total. The van der Waals surface area contributed by atoms with Gasteiger partial charge in [0, 0.05) is 5.56 Å². The molecule has 1 aromatic heterocycles. The van der Waals surface area contributed by atoms with E-state index in [1.807, 2.05) is 54.6 Å². The molecule has 0 spiro atoms. The molecule has 0 radical (unpaired) electrons. The lowest BCUT2D eigenvalue weighted by atomic mass is 10.2. The molecule has 0 aliphatic carbocycles. The van der Waals surface area contributed by atoms with Crippen molar-refractivity contribution in [3.05, 3.63) is 60.2 Å². The van der Waals surface area contributed by atoms with Crippen LogP contribution in [-0.4, -0.2) is 27.3 Å². The smallest absolute Gasteiger partial charge is 0.182 e. The molecule has 0 bridgehead atoms. The number of tetrazole rings is 1. The van der Waals surface area contributed by atoms with Gasteiger partial charge in [-0.05, 0) is 28.1 Å². The average Bonchev–Trinajstić information content (AvgIpc) is 2.96. The fourth-order valence-electron chi connectivity index (χ4n) is 2.05. The topological polar surface area (TPSA) is 52.8 Å². The third-order valence-electron chi connectivity index (χ3n) is 3.03. The van der Waals surface area contributed by atoms with Gasteiger partial charge in [-0.2, -0.15) is 0 Å². The molecule has 2 aromatic carbocycles. The van der Waals surface area contributed by atoms with Gasteiger partial charge >= 0.3 is 0 Å². The quantitative estimate of drug-likeness (QED) is 0.727. The fraction of sp³-hybridized carbons (Fsp3) is 0.133. The van der Waals surface area contributed by atoms with Crippen LogP contribution in [0.3, 0.4) is 0 Å². The van der Waals surface area contributed by atoms with Crippen molar-refractivity contribution in [3.8, 4) is 17.1 Å². The van der Waals surface area contributed by atoms with Crippen LogP contribution >= 0.6 is 0 Å². The van der Waals surface area contributed by atoms with E-state index >= 15 is 0 Å². The highest BCUT2D eigenvalue weighted by Gasteiger charge is 2.09. The number of benzene rings is 2. The van der Waals surface area contributed by atoms with Crippen molar-refractivity contribution in [2.45, 2.75) is 6.54 Å². The lowest BCUT2D eigenvalue weighted by Gasteiger charge is -2.06. The molecule has 100 valence electrons. The molecule has 0 N–H and O–H groups in total. The summed E-state index contributed by atoms with van der Waals surface area (Å²) in [5.74, 6) is 1.59. The molecule has 0 amide bonds. The monoisotopic (exact) mass is 266 g/mol. The highest BCUT2D eigenvalue weighted by Crippen LogP contribution is 2.18. The molecular weight excluding hydrogens is 252 g/mol. The fourth-order valence-corrected chi connectivity index (χ4v) is 2.05. The van der Waals surface area contributed by atoms with Crippen LogP contribution in [0.2, 0.25) is 0 Å². The summed E-state index contributed by atoms with van der Waals surface area (Å²) in [5, 5.41) is 11.9. The van der Waals surface area contributed by atoms with Gasteiger partial charge in [0.1, 0.15) is 5.75 Å². The summed E-state index contributed by atoms with van der Waals surface area (Å²) >= 11 is 0. The maximum atomic E-state index is 5.23. The zero-order chi connectivity index (χ0) is 13.8. The third kappa shape index (κ3) is 2.51. The Hall–Kier alpha value is -2.69. The number of rotatable bonds is 4. The number of hydrogen-bond acceptors (Lipinski definition) is 4. The van der Waals surface area contributed by atoms with Gasteiger partial charge in [0.25, 0.3) is 0 Å². The second kappa shape index (κ2) is 5.52. The van der Waals surface area contributed by atoms with Crippen LogP contribution in [0.1, 0.15) is 5.56 Å². The highest BCUT2D eigenvalue weighted by atomic mass is 16.5. The number of methoxy groups -OCH3 is 1. The summed E-state index contributed by atoms with van der Waals surface area (Å²) in [5.41, 5.74) is 2.09. The van der Waals surface area contributed by atoms with Crippen LogP contribution in [0.15, 0.2) is 54.6 Å². The second-order valence-corrected chi connectivity index (χ2v) is 4.38. The van der Waals surface area contributed by atoms with Gasteiger partial charge < -0.3 is 4.74 Å². The van der Waals surface area contributed by atoms with Crippen molar-refractivity contribution in [3.63, 3.8) is 0 Å². The minimum Gasteiger partial charge on any atom is -0.497 e. The normalized spacial score (nSPS) is 10.4. The lowest BCUT2D eigenvalue weighted by molar-refractivity contribution is 0.414. The van der Waals surface area contributed by atoms with E-state index in [1.165, 1.54) is 0 Å². The first kappa shape index (κ1) is 12.3. The molecule has 0 aliphatic rings. The van der Waals surface area contributed by atoms with Crippen LogP contribution in [0, 0.1) is 0 Å². The Morgan fingerprint density at radius 2 is 1.90 bits per heavy atom. The van der Waals surface area contributed by atoms with Crippen molar-refractivity contribution < 1.29 is 4.74 Å². The maximum absolute atomic E-state index is 5.23. The zero-order valence-corrected chi connectivity index (χ0v) is 11.1. The lowest BCUT2D eigenvalue weighted by Crippen LogP contribution is -2.04. The van der Waals surface area contributed by atoms with E-state index in [9.17, 15) is 0 Å². The Morgan fingerprint density at radius 3 is 2.70 bits per heavy atom. The first-order valence-electron chi connectivity index (χ1n) is 6.31. The van der Waals surface area contributed by atoms with Crippen LogP contribution in [0.25, 0.3) is 11.4 Å². The van der Waals surface area contributed by atoms with Gasteiger partial charge in [0.05, 0.1) is 13.7 Å². The number of nitrogens with zero attached hydrogens (tertiary/aromatic N) is 4. The Balaban J connectivity index is 1.90. The molecule has 3 rings (SSSR count). The standard InChI is InChI=1S/C15H14N4O/c1-20-14-9-5-6-12(10-14)11-19-15(16-17-18-19)13-7-3-2-4-8-13/h2-10H,11H2,1H3. The van der Waals surface area contributed by atoms with Crippen LogP contribution < -0.4 is 4.74 Å². The zero-order valence-electron chi connectivity index (χ0n) is 11.1. The van der Waals surface area contributed by atoms with Gasteiger partial charge in [-0.3, -0.25) is 0 Å². The largest absolute Gasteiger partial charge is 0.497 e. The average molecular weight is 266 g/mol. The van der Waals surface area contributed by atoms with E-state index < -0.39 is 0 Å². The van der Waals surface area contributed by atoms with E-state index in [0.717, 1.165) is 22.7 Å². The number of aromatic nitrogens is 4. The summed E-state index contributed by atoms with van der Waals surface area (Å²) in [6.07, 6.45) is 0. The van der Waals surface area contributed by atoms with Crippen molar-refractivity contribution in [1.29, 1.82) is 0 Å². The van der Waals surface area contributed by atoms with E-state index in [0.29, 0.717) is 6.54 Å². The summed E-state index contributed by atoms with van der Waals surface area (Å²) in [4.78, 5) is 0. The SMILES string of the molecule is COc1cccc(Cn2nnnc2-c2ccccc2)c1. The molecule has 0 unspecified atom stereocenters. The molecule has 20 heavy (non-hydrogen) atoms. The molecule has 0 atom stereocenters. The van der Waals surface area contributed by atoms with Crippen LogP contribution in [0.4, 0.5) is 0 Å². The summed E-state index contributed by atoms with van der Waals surface area (Å²) in [7, 11) is 1.66. The minimum atomic E-state index is 0.606. The molecule has 0 saturated carbocycles. The minimum absolute atomic E-state index is 0.606. The van der Waals surface area contributed by atoms with Gasteiger partial charge in [-0.1, -0.05) is 42.5 Å². The molecule has 1 heterocycles. The Morgan fingerprint density at radius 1 is 1.05 bits per heavy atom. The maximum Gasteiger partial charge on any atom is 0.182 e. The van der Waals surface area contributed by atoms with Gasteiger partial charge in [-0.15, -0.1) is 5.10 Å². The van der Waals surface area contributed by atoms with Gasteiger partial charge in [0.15, 0.2) is 5.82 Å². The predicted octanol–water partition coefficient (Wildman–Crippen LogP) is 2.40. The van der Waals surface area contributed by atoms with Crippen LogP contribution in [-0.2, 0) is 6.54 Å². The van der Waals surface area contributed by atoms with Crippen LogP contribution in [0.5, 0.6) is 5.75 Å². The first-order valence-corrected chi connectivity index (χ1v) is 6.31. The van der Waals surface area contributed by atoms with Crippen molar-refractivity contribution in [1.82, 2.24) is 20.2 Å².